The molecule has 16 heavy (non-hydrogen) atoms. The van der Waals surface area contributed by atoms with Gasteiger partial charge in [0, 0.05) is 38.4 Å². The zero-order valence-electron chi connectivity index (χ0n) is 9.89. The molecule has 2 fully saturated rings. The van der Waals surface area contributed by atoms with Crippen molar-refractivity contribution in [2.45, 2.75) is 37.8 Å². The number of hydrogen-bond donors (Lipinski definition) is 1. The second-order valence-electron chi connectivity index (χ2n) is 5.10. The molecule has 0 aromatic carbocycles. The molecule has 4 nitrogen and oxygen atoms in total. The second kappa shape index (κ2) is 4.09. The summed E-state index contributed by atoms with van der Waals surface area (Å²) in [5, 5.41) is 7.98. The molecule has 3 rings (SSSR count). The molecule has 1 aliphatic heterocycles. The first-order chi connectivity index (χ1) is 7.81. The van der Waals surface area contributed by atoms with Crippen LogP contribution in [0.4, 0.5) is 5.69 Å². The third kappa shape index (κ3) is 2.21. The van der Waals surface area contributed by atoms with Crippen molar-refractivity contribution < 1.29 is 0 Å². The number of nitrogens with zero attached hydrogens (tertiary/aromatic N) is 3. The highest BCUT2D eigenvalue weighted by Crippen LogP contribution is 2.24. The van der Waals surface area contributed by atoms with Crippen LogP contribution >= 0.6 is 0 Å². The van der Waals surface area contributed by atoms with Gasteiger partial charge >= 0.3 is 0 Å². The van der Waals surface area contributed by atoms with Crippen molar-refractivity contribution in [3.8, 4) is 0 Å². The van der Waals surface area contributed by atoms with E-state index in [-0.39, 0.29) is 0 Å². The van der Waals surface area contributed by atoms with Gasteiger partial charge in [-0.25, -0.2) is 0 Å². The van der Waals surface area contributed by atoms with Crippen LogP contribution in [0.1, 0.15) is 25.7 Å². The minimum atomic E-state index is 0.682. The van der Waals surface area contributed by atoms with Gasteiger partial charge in [-0.2, -0.15) is 5.10 Å². The lowest BCUT2D eigenvalue weighted by Gasteiger charge is -2.34. The molecule has 1 saturated heterocycles. The monoisotopic (exact) mass is 220 g/mol. The maximum Gasteiger partial charge on any atom is 0.0752 e. The van der Waals surface area contributed by atoms with Gasteiger partial charge in [0.1, 0.15) is 0 Å². The molecule has 88 valence electrons. The normalized spacial score (nSPS) is 26.1. The van der Waals surface area contributed by atoms with Crippen LogP contribution in [0.3, 0.4) is 0 Å². The maximum atomic E-state index is 4.24. The van der Waals surface area contributed by atoms with Crippen molar-refractivity contribution in [1.82, 2.24) is 15.1 Å². The van der Waals surface area contributed by atoms with Crippen molar-refractivity contribution in [1.29, 1.82) is 0 Å². The van der Waals surface area contributed by atoms with Gasteiger partial charge in [-0.15, -0.1) is 0 Å². The average molecular weight is 220 g/mol. The number of aromatic nitrogens is 2. The summed E-state index contributed by atoms with van der Waals surface area (Å²) in [6, 6.07) is 1.50. The van der Waals surface area contributed by atoms with Gasteiger partial charge in [0.2, 0.25) is 0 Å². The molecule has 0 amide bonds. The quantitative estimate of drug-likeness (QED) is 0.829. The molecule has 2 aliphatic rings. The van der Waals surface area contributed by atoms with E-state index in [4.69, 9.17) is 0 Å². The third-order valence-electron chi connectivity index (χ3n) is 3.53. The Hall–Kier alpha value is -1.03. The van der Waals surface area contributed by atoms with Crippen molar-refractivity contribution in [2.24, 2.45) is 7.05 Å². The standard InChI is InChI=1S/C12H20N4/c1-15-9-12(7-13-15)16-6-2-3-11(8-16)14-10-4-5-10/h7,9-11,14H,2-6,8H2,1H3. The van der Waals surface area contributed by atoms with Crippen LogP contribution in [0.25, 0.3) is 0 Å². The fourth-order valence-corrected chi connectivity index (χ4v) is 2.50. The molecule has 2 heterocycles. The summed E-state index contributed by atoms with van der Waals surface area (Å²) in [7, 11) is 1.98. The molecule has 0 bridgehead atoms. The number of hydrogen-bond acceptors (Lipinski definition) is 3. The van der Waals surface area contributed by atoms with E-state index >= 15 is 0 Å². The Kier molecular flexibility index (Phi) is 2.59. The second-order valence-corrected chi connectivity index (χ2v) is 5.10. The van der Waals surface area contributed by atoms with Gasteiger partial charge in [-0.1, -0.05) is 0 Å². The minimum absolute atomic E-state index is 0.682. The Morgan fingerprint density at radius 2 is 2.19 bits per heavy atom. The Bertz CT molecular complexity index is 356. The molecular formula is C12H20N4. The van der Waals surface area contributed by atoms with Gasteiger partial charge in [0.25, 0.3) is 0 Å². The van der Waals surface area contributed by atoms with Gasteiger partial charge in [0.05, 0.1) is 11.9 Å². The highest BCUT2D eigenvalue weighted by molar-refractivity contribution is 5.43. The highest BCUT2D eigenvalue weighted by Gasteiger charge is 2.27. The van der Waals surface area contributed by atoms with E-state index in [2.05, 4.69) is 21.5 Å². The smallest absolute Gasteiger partial charge is 0.0752 e. The number of nitrogens with one attached hydrogen (secondary N) is 1. The predicted molar refractivity (Wildman–Crippen MR) is 64.6 cm³/mol. The lowest BCUT2D eigenvalue weighted by atomic mass is 10.1. The lowest BCUT2D eigenvalue weighted by molar-refractivity contribution is 0.420. The minimum Gasteiger partial charge on any atom is -0.367 e. The molecule has 1 saturated carbocycles. The zero-order valence-corrected chi connectivity index (χ0v) is 9.89. The van der Waals surface area contributed by atoms with Gasteiger partial charge in [-0.3, -0.25) is 4.68 Å². The predicted octanol–water partition coefficient (Wildman–Crippen LogP) is 1.14. The first kappa shape index (κ1) is 10.1. The molecular weight excluding hydrogens is 200 g/mol. The van der Waals surface area contributed by atoms with Crippen LogP contribution in [0.5, 0.6) is 0 Å². The summed E-state index contributed by atoms with van der Waals surface area (Å²) < 4.78 is 1.88. The van der Waals surface area contributed by atoms with Crippen LogP contribution in [-0.4, -0.2) is 35.0 Å². The van der Waals surface area contributed by atoms with E-state index < -0.39 is 0 Å². The van der Waals surface area contributed by atoms with E-state index in [0.29, 0.717) is 6.04 Å². The summed E-state index contributed by atoms with van der Waals surface area (Å²) >= 11 is 0. The van der Waals surface area contributed by atoms with Crippen LogP contribution in [0.2, 0.25) is 0 Å². The van der Waals surface area contributed by atoms with Gasteiger partial charge in [0.15, 0.2) is 0 Å². The molecule has 0 spiro atoms. The van der Waals surface area contributed by atoms with Crippen molar-refractivity contribution in [3.63, 3.8) is 0 Å². The summed E-state index contributed by atoms with van der Waals surface area (Å²) in [5.41, 5.74) is 1.27. The maximum absolute atomic E-state index is 4.24. The van der Waals surface area contributed by atoms with Gasteiger partial charge in [-0.05, 0) is 25.7 Å². The summed E-state index contributed by atoms with van der Waals surface area (Å²) in [6.07, 6.45) is 9.46. The third-order valence-corrected chi connectivity index (χ3v) is 3.53. The molecule has 1 aromatic rings. The lowest BCUT2D eigenvalue weighted by Crippen LogP contribution is -2.46. The van der Waals surface area contributed by atoms with E-state index in [1.807, 2.05) is 17.9 Å². The fraction of sp³-hybridized carbons (Fsp3) is 0.750. The van der Waals surface area contributed by atoms with Crippen LogP contribution in [0.15, 0.2) is 12.4 Å². The summed E-state index contributed by atoms with van der Waals surface area (Å²) in [6.45, 7) is 2.32. The van der Waals surface area contributed by atoms with Crippen LogP contribution in [0, 0.1) is 0 Å². The van der Waals surface area contributed by atoms with Crippen LogP contribution < -0.4 is 10.2 Å². The molecule has 1 aromatic heterocycles. The SMILES string of the molecule is Cn1cc(N2CCCC(NC3CC3)C2)cn1. The Morgan fingerprint density at radius 3 is 2.88 bits per heavy atom. The number of aryl methyl sites for hydroxylation is 1. The first-order valence-corrected chi connectivity index (χ1v) is 6.31. The average Bonchev–Trinajstić information content (AvgIpc) is 2.98. The molecule has 1 unspecified atom stereocenters. The van der Waals surface area contributed by atoms with Crippen molar-refractivity contribution in [2.75, 3.05) is 18.0 Å². The molecule has 1 atom stereocenters. The Morgan fingerprint density at radius 1 is 1.31 bits per heavy atom. The van der Waals surface area contributed by atoms with E-state index in [1.54, 1.807) is 0 Å². The molecule has 1 N–H and O–H groups in total. The topological polar surface area (TPSA) is 33.1 Å². The van der Waals surface area contributed by atoms with E-state index in [1.165, 1.54) is 37.9 Å². The fourth-order valence-electron chi connectivity index (χ4n) is 2.50. The number of anilines is 1. The van der Waals surface area contributed by atoms with Crippen LogP contribution in [-0.2, 0) is 7.05 Å². The van der Waals surface area contributed by atoms with Crippen molar-refractivity contribution >= 4 is 5.69 Å². The highest BCUT2D eigenvalue weighted by atomic mass is 15.3. The Labute approximate surface area is 96.6 Å². The van der Waals surface area contributed by atoms with E-state index in [9.17, 15) is 0 Å². The molecule has 4 heteroatoms. The summed E-state index contributed by atoms with van der Waals surface area (Å²) in [4.78, 5) is 2.45. The molecule has 0 radical (unpaired) electrons. The summed E-state index contributed by atoms with van der Waals surface area (Å²) in [5.74, 6) is 0. The molecule has 1 aliphatic carbocycles. The zero-order chi connectivity index (χ0) is 11.0. The Balaban J connectivity index is 1.62. The first-order valence-electron chi connectivity index (χ1n) is 6.31. The van der Waals surface area contributed by atoms with E-state index in [0.717, 1.165) is 12.6 Å². The number of rotatable bonds is 3. The van der Waals surface area contributed by atoms with Crippen molar-refractivity contribution in [3.05, 3.63) is 12.4 Å². The van der Waals surface area contributed by atoms with Gasteiger partial charge < -0.3 is 10.2 Å². The number of piperidine rings is 1. The largest absolute Gasteiger partial charge is 0.367 e.